The van der Waals surface area contributed by atoms with Crippen LogP contribution >= 0.6 is 31.9 Å². The number of carbonyl (C=O) groups excluding carboxylic acids is 1. The van der Waals surface area contributed by atoms with E-state index < -0.39 is 0 Å². The summed E-state index contributed by atoms with van der Waals surface area (Å²) in [4.78, 5) is 13.9. The topological polar surface area (TPSA) is 58.4 Å². The van der Waals surface area contributed by atoms with Gasteiger partial charge in [-0.05, 0) is 47.3 Å². The molecule has 0 unspecified atom stereocenters. The van der Waals surface area contributed by atoms with Gasteiger partial charge in [-0.25, -0.2) is 4.79 Å². The Kier molecular flexibility index (Phi) is 4.50. The average Bonchev–Trinajstić information content (AvgIpc) is 2.34. The fourth-order valence-electron chi connectivity index (χ4n) is 2.01. The lowest BCUT2D eigenvalue weighted by Crippen LogP contribution is -2.38. The van der Waals surface area contributed by atoms with Crippen LogP contribution in [0, 0.1) is 0 Å². The molecule has 0 aliphatic carbocycles. The SMILES string of the molecule is Nc1cc(Br)cc(Br)c1NC(=O)N1CCCCC1. The lowest BCUT2D eigenvalue weighted by molar-refractivity contribution is 0.200. The van der Waals surface area contributed by atoms with Crippen molar-refractivity contribution in [2.75, 3.05) is 24.1 Å². The van der Waals surface area contributed by atoms with Crippen molar-refractivity contribution in [2.45, 2.75) is 19.3 Å². The molecule has 1 aliphatic rings. The summed E-state index contributed by atoms with van der Waals surface area (Å²) in [6.07, 6.45) is 3.35. The molecule has 1 heterocycles. The molecular formula is C12H15Br2N3O. The van der Waals surface area contributed by atoms with Crippen molar-refractivity contribution in [3.8, 4) is 0 Å². The van der Waals surface area contributed by atoms with Gasteiger partial charge >= 0.3 is 6.03 Å². The van der Waals surface area contributed by atoms with E-state index in [1.54, 1.807) is 6.07 Å². The van der Waals surface area contributed by atoms with Gasteiger partial charge in [0, 0.05) is 22.0 Å². The van der Waals surface area contributed by atoms with Crippen LogP contribution in [0.2, 0.25) is 0 Å². The highest BCUT2D eigenvalue weighted by atomic mass is 79.9. The van der Waals surface area contributed by atoms with Crippen molar-refractivity contribution < 1.29 is 4.79 Å². The maximum Gasteiger partial charge on any atom is 0.321 e. The van der Waals surface area contributed by atoms with Crippen LogP contribution in [0.3, 0.4) is 0 Å². The number of urea groups is 1. The predicted molar refractivity (Wildman–Crippen MR) is 80.7 cm³/mol. The lowest BCUT2D eigenvalue weighted by atomic mass is 10.1. The van der Waals surface area contributed by atoms with Gasteiger partial charge in [-0.3, -0.25) is 0 Å². The molecule has 0 saturated carbocycles. The molecule has 3 N–H and O–H groups in total. The number of hydrogen-bond donors (Lipinski definition) is 2. The number of amides is 2. The third kappa shape index (κ3) is 3.17. The largest absolute Gasteiger partial charge is 0.397 e. The summed E-state index contributed by atoms with van der Waals surface area (Å²) in [5.41, 5.74) is 7.08. The number of halogens is 2. The molecule has 0 radical (unpaired) electrons. The van der Waals surface area contributed by atoms with Crippen molar-refractivity contribution in [2.24, 2.45) is 0 Å². The molecule has 2 rings (SSSR count). The van der Waals surface area contributed by atoms with Gasteiger partial charge in [0.25, 0.3) is 0 Å². The van der Waals surface area contributed by atoms with Gasteiger partial charge in [0.2, 0.25) is 0 Å². The van der Waals surface area contributed by atoms with E-state index in [1.165, 1.54) is 6.42 Å². The Morgan fingerprint density at radius 3 is 2.50 bits per heavy atom. The third-order valence-electron chi connectivity index (χ3n) is 2.96. The van der Waals surface area contributed by atoms with Crippen molar-refractivity contribution in [3.05, 3.63) is 21.1 Å². The molecule has 98 valence electrons. The summed E-state index contributed by atoms with van der Waals surface area (Å²) in [6.45, 7) is 1.64. The van der Waals surface area contributed by atoms with Crippen LogP contribution in [0.4, 0.5) is 16.2 Å². The van der Waals surface area contributed by atoms with Crippen molar-refractivity contribution in [1.29, 1.82) is 0 Å². The zero-order valence-corrected chi connectivity index (χ0v) is 13.1. The van der Waals surface area contributed by atoms with Gasteiger partial charge in [-0.1, -0.05) is 15.9 Å². The maximum absolute atomic E-state index is 12.1. The first kappa shape index (κ1) is 13.7. The molecule has 1 saturated heterocycles. The summed E-state index contributed by atoms with van der Waals surface area (Å²) < 4.78 is 1.66. The second kappa shape index (κ2) is 5.93. The quantitative estimate of drug-likeness (QED) is 0.732. The smallest absolute Gasteiger partial charge is 0.321 e. The Bertz CT molecular complexity index is 436. The van der Waals surface area contributed by atoms with Crippen molar-refractivity contribution in [1.82, 2.24) is 4.90 Å². The Morgan fingerprint density at radius 2 is 1.89 bits per heavy atom. The zero-order valence-electron chi connectivity index (χ0n) is 9.88. The number of nitrogens with zero attached hydrogens (tertiary/aromatic N) is 1. The molecule has 2 amide bonds. The fraction of sp³-hybridized carbons (Fsp3) is 0.417. The monoisotopic (exact) mass is 375 g/mol. The van der Waals surface area contributed by atoms with Gasteiger partial charge in [0.05, 0.1) is 11.4 Å². The number of nitrogens with two attached hydrogens (primary N) is 1. The molecule has 4 nitrogen and oxygen atoms in total. The van der Waals surface area contributed by atoms with Gasteiger partial charge in [0.1, 0.15) is 0 Å². The van der Waals surface area contributed by atoms with E-state index in [9.17, 15) is 4.79 Å². The number of benzene rings is 1. The number of rotatable bonds is 1. The van der Waals surface area contributed by atoms with E-state index in [0.29, 0.717) is 11.4 Å². The van der Waals surface area contributed by atoms with Crippen LogP contribution in [-0.2, 0) is 0 Å². The lowest BCUT2D eigenvalue weighted by Gasteiger charge is -2.27. The van der Waals surface area contributed by atoms with E-state index in [1.807, 2.05) is 11.0 Å². The number of piperidine rings is 1. The van der Waals surface area contributed by atoms with Crippen LogP contribution in [0.1, 0.15) is 19.3 Å². The minimum absolute atomic E-state index is 0.0792. The Morgan fingerprint density at radius 1 is 1.22 bits per heavy atom. The molecule has 1 fully saturated rings. The van der Waals surface area contributed by atoms with E-state index in [-0.39, 0.29) is 6.03 Å². The third-order valence-corrected chi connectivity index (χ3v) is 4.04. The standard InChI is InChI=1S/C12H15Br2N3O/c13-8-6-9(14)11(10(15)7-8)16-12(18)17-4-2-1-3-5-17/h6-7H,1-5,15H2,(H,16,18). The van der Waals surface area contributed by atoms with Gasteiger partial charge < -0.3 is 16.0 Å². The molecule has 1 aromatic carbocycles. The second-order valence-corrected chi connectivity index (χ2v) is 6.10. The molecule has 18 heavy (non-hydrogen) atoms. The van der Waals surface area contributed by atoms with E-state index in [2.05, 4.69) is 37.2 Å². The van der Waals surface area contributed by atoms with Gasteiger partial charge in [-0.2, -0.15) is 0 Å². The normalized spacial score (nSPS) is 15.6. The number of carbonyl (C=O) groups is 1. The molecule has 0 atom stereocenters. The van der Waals surface area contributed by atoms with E-state index in [4.69, 9.17) is 5.73 Å². The number of nitrogen functional groups attached to an aromatic ring is 1. The van der Waals surface area contributed by atoms with Crippen molar-refractivity contribution in [3.63, 3.8) is 0 Å². The highest BCUT2D eigenvalue weighted by Crippen LogP contribution is 2.32. The highest BCUT2D eigenvalue weighted by Gasteiger charge is 2.18. The summed E-state index contributed by atoms with van der Waals surface area (Å²) in [7, 11) is 0. The number of likely N-dealkylation sites (tertiary alicyclic amines) is 1. The summed E-state index contributed by atoms with van der Waals surface area (Å²) >= 11 is 6.76. The Balaban J connectivity index is 2.11. The van der Waals surface area contributed by atoms with E-state index >= 15 is 0 Å². The Hall–Kier alpha value is -0.750. The van der Waals surface area contributed by atoms with Crippen molar-refractivity contribution >= 4 is 49.3 Å². The molecule has 0 spiro atoms. The number of hydrogen-bond acceptors (Lipinski definition) is 2. The first-order valence-corrected chi connectivity index (χ1v) is 7.47. The minimum atomic E-state index is -0.0792. The summed E-state index contributed by atoms with van der Waals surface area (Å²) in [5.74, 6) is 0. The highest BCUT2D eigenvalue weighted by molar-refractivity contribution is 9.11. The molecule has 1 aliphatic heterocycles. The first-order chi connectivity index (χ1) is 8.58. The molecule has 0 bridgehead atoms. The minimum Gasteiger partial charge on any atom is -0.397 e. The second-order valence-electron chi connectivity index (χ2n) is 4.33. The average molecular weight is 377 g/mol. The molecule has 6 heteroatoms. The van der Waals surface area contributed by atoms with Crippen LogP contribution in [0.25, 0.3) is 0 Å². The molecule has 1 aromatic rings. The summed E-state index contributed by atoms with van der Waals surface area (Å²) in [5, 5.41) is 2.87. The van der Waals surface area contributed by atoms with Gasteiger partial charge in [0.15, 0.2) is 0 Å². The first-order valence-electron chi connectivity index (χ1n) is 5.88. The van der Waals surface area contributed by atoms with E-state index in [0.717, 1.165) is 34.9 Å². The van der Waals surface area contributed by atoms with Crippen LogP contribution in [-0.4, -0.2) is 24.0 Å². The number of anilines is 2. The predicted octanol–water partition coefficient (Wildman–Crippen LogP) is 3.81. The summed E-state index contributed by atoms with van der Waals surface area (Å²) in [6, 6.07) is 3.56. The fourth-order valence-corrected chi connectivity index (χ4v) is 3.37. The van der Waals surface area contributed by atoms with Crippen LogP contribution in [0.5, 0.6) is 0 Å². The maximum atomic E-state index is 12.1. The number of nitrogens with one attached hydrogen (secondary N) is 1. The molecule has 0 aromatic heterocycles. The van der Waals surface area contributed by atoms with Crippen LogP contribution in [0.15, 0.2) is 21.1 Å². The van der Waals surface area contributed by atoms with Gasteiger partial charge in [-0.15, -0.1) is 0 Å². The molecular weight excluding hydrogens is 362 g/mol. The Labute approximate surface area is 123 Å². The van der Waals surface area contributed by atoms with Crippen LogP contribution < -0.4 is 11.1 Å². The zero-order chi connectivity index (χ0) is 13.1.